The molecule has 45 heavy (non-hydrogen) atoms. The van der Waals surface area contributed by atoms with E-state index in [0.29, 0.717) is 0 Å². The molecule has 1 aliphatic rings. The van der Waals surface area contributed by atoms with Crippen LogP contribution in [0.2, 0.25) is 0 Å². The lowest BCUT2D eigenvalue weighted by molar-refractivity contribution is -0.890. The number of aliphatic hydroxyl groups is 3. The van der Waals surface area contributed by atoms with Crippen LogP contribution in [-0.4, -0.2) is 122 Å². The van der Waals surface area contributed by atoms with E-state index in [1.807, 2.05) is 20.8 Å². The van der Waals surface area contributed by atoms with E-state index in [1.165, 1.54) is 81.9 Å². The van der Waals surface area contributed by atoms with Gasteiger partial charge < -0.3 is 34.3 Å². The van der Waals surface area contributed by atoms with E-state index in [-0.39, 0.29) is 24.8 Å². The summed E-state index contributed by atoms with van der Waals surface area (Å²) in [6.45, 7) is 27.7. The molecule has 0 aromatic heterocycles. The van der Waals surface area contributed by atoms with Gasteiger partial charge in [0.15, 0.2) is 0 Å². The molecular formula is C38H87N3O4+2. The lowest BCUT2D eigenvalue weighted by Crippen LogP contribution is -2.63. The first-order chi connectivity index (χ1) is 20.6. The Labute approximate surface area is 283 Å². The average Bonchev–Trinajstić information content (AvgIpc) is 2.90. The zero-order valence-corrected chi connectivity index (χ0v) is 33.5. The highest BCUT2D eigenvalue weighted by Gasteiger charge is 2.42. The van der Waals surface area contributed by atoms with Gasteiger partial charge >= 0.3 is 0 Å². The van der Waals surface area contributed by atoms with Gasteiger partial charge in [-0.2, -0.15) is 0 Å². The van der Waals surface area contributed by atoms with Crippen LogP contribution in [0.1, 0.15) is 134 Å². The lowest BCUT2D eigenvalue weighted by Gasteiger charge is -2.42. The highest BCUT2D eigenvalue weighted by molar-refractivity contribution is 4.95. The highest BCUT2D eigenvalue weighted by atomic mass is 16.5. The van der Waals surface area contributed by atoms with E-state index >= 15 is 0 Å². The van der Waals surface area contributed by atoms with E-state index < -0.39 is 18.3 Å². The van der Waals surface area contributed by atoms with Crippen LogP contribution in [0.3, 0.4) is 0 Å². The summed E-state index contributed by atoms with van der Waals surface area (Å²) in [6, 6.07) is -0.101. The Morgan fingerprint density at radius 1 is 0.644 bits per heavy atom. The minimum Gasteiger partial charge on any atom is -0.394 e. The molecule has 0 aromatic rings. The Balaban J connectivity index is -0.000000542. The van der Waals surface area contributed by atoms with Crippen LogP contribution in [0.4, 0.5) is 0 Å². The summed E-state index contributed by atoms with van der Waals surface area (Å²) in [7, 11) is 11.5. The van der Waals surface area contributed by atoms with E-state index in [2.05, 4.69) is 95.9 Å². The second kappa shape index (κ2) is 27.6. The van der Waals surface area contributed by atoms with Gasteiger partial charge in [0.25, 0.3) is 0 Å². The van der Waals surface area contributed by atoms with Crippen molar-refractivity contribution in [3.05, 3.63) is 0 Å². The predicted molar refractivity (Wildman–Crippen MR) is 198 cm³/mol. The van der Waals surface area contributed by atoms with Crippen molar-refractivity contribution in [3.8, 4) is 0 Å². The van der Waals surface area contributed by atoms with Crippen molar-refractivity contribution >= 4 is 0 Å². The number of hydrogen-bond donors (Lipinski definition) is 4. The maximum atomic E-state index is 9.85. The molecule has 276 valence electrons. The fourth-order valence-corrected chi connectivity index (χ4v) is 5.13. The minimum absolute atomic E-state index is 0.202. The van der Waals surface area contributed by atoms with Gasteiger partial charge in [-0.3, -0.25) is 0 Å². The van der Waals surface area contributed by atoms with Crippen molar-refractivity contribution in [1.82, 2.24) is 5.32 Å². The number of quaternary nitrogens is 2. The van der Waals surface area contributed by atoms with Crippen molar-refractivity contribution in [1.29, 1.82) is 0 Å². The third kappa shape index (κ3) is 32.1. The second-order valence-electron chi connectivity index (χ2n) is 16.7. The Hall–Kier alpha value is -0.280. The molecule has 7 heteroatoms. The number of nitrogens with one attached hydrogen (secondary N) is 1. The molecule has 0 bridgehead atoms. The third-order valence-corrected chi connectivity index (χ3v) is 8.11. The van der Waals surface area contributed by atoms with Gasteiger partial charge in [0.05, 0.1) is 73.6 Å². The largest absolute Gasteiger partial charge is 0.394 e. The van der Waals surface area contributed by atoms with Gasteiger partial charge in [-0.05, 0) is 56.8 Å². The molecule has 0 aliphatic carbocycles. The predicted octanol–water partition coefficient (Wildman–Crippen LogP) is 7.11. The summed E-state index contributed by atoms with van der Waals surface area (Å²) in [5.41, 5.74) is 0. The smallest absolute Gasteiger partial charge is 0.110 e. The van der Waals surface area contributed by atoms with Crippen molar-refractivity contribution in [2.75, 3.05) is 61.5 Å². The first kappa shape index (κ1) is 49.1. The van der Waals surface area contributed by atoms with Crippen LogP contribution in [0.25, 0.3) is 0 Å². The van der Waals surface area contributed by atoms with Gasteiger partial charge in [0.2, 0.25) is 0 Å². The Morgan fingerprint density at radius 3 is 1.42 bits per heavy atom. The van der Waals surface area contributed by atoms with E-state index in [4.69, 9.17) is 9.84 Å². The van der Waals surface area contributed by atoms with Crippen LogP contribution < -0.4 is 5.32 Å². The molecule has 5 atom stereocenters. The number of unbranched alkanes of at least 4 members (excludes halogenated alkanes) is 2. The van der Waals surface area contributed by atoms with Crippen LogP contribution >= 0.6 is 0 Å². The SMILES string of the molecule is CC(C)CCC[N+](C)(C)C.CC(C)NC1C(C)OC(CO)[C@@H](O)[C@H]1O.CCCCC(C)C.CCCC[N+](C)(C)CCCC(C)C. The maximum absolute atomic E-state index is 9.85. The van der Waals surface area contributed by atoms with Gasteiger partial charge in [0.1, 0.15) is 18.3 Å². The standard InChI is InChI=1S/C12H28N.C10H21NO4.C9H22N.C7H16/c1-6-7-10-13(4,5)11-8-9-12(2)3;1-5(2)11-8-6(3)15-7(4-12)9(13)10(8)14;1-9(2)7-6-8-10(3,4)5;1-4-5-6-7(2)3/h12H,6-11H2,1-5H3;5-14H,4H2,1-3H3;9H,6-8H2,1-5H3;7H,4-6H2,1-3H3/q+1;;+1;/t;6?,7?,8?,9-,10+;;/m.1../s1. The number of rotatable bonds is 17. The highest BCUT2D eigenvalue weighted by Crippen LogP contribution is 2.21. The summed E-state index contributed by atoms with van der Waals surface area (Å²) >= 11 is 0. The minimum atomic E-state index is -1.04. The molecule has 1 aliphatic heterocycles. The van der Waals surface area contributed by atoms with Crippen molar-refractivity contribution in [3.63, 3.8) is 0 Å². The molecule has 1 saturated heterocycles. The summed E-state index contributed by atoms with van der Waals surface area (Å²) in [5, 5.41) is 31.6. The van der Waals surface area contributed by atoms with Crippen LogP contribution in [-0.2, 0) is 4.74 Å². The quantitative estimate of drug-likeness (QED) is 0.126. The monoisotopic (exact) mass is 650 g/mol. The zero-order chi connectivity index (χ0) is 35.8. The average molecular weight is 650 g/mol. The molecule has 0 saturated carbocycles. The van der Waals surface area contributed by atoms with E-state index in [9.17, 15) is 10.2 Å². The van der Waals surface area contributed by atoms with E-state index in [0.717, 1.165) is 22.2 Å². The van der Waals surface area contributed by atoms with Crippen LogP contribution in [0.15, 0.2) is 0 Å². The second-order valence-corrected chi connectivity index (χ2v) is 16.7. The van der Waals surface area contributed by atoms with Gasteiger partial charge in [-0.1, -0.05) is 94.9 Å². The molecule has 0 spiro atoms. The Morgan fingerprint density at radius 2 is 1.07 bits per heavy atom. The van der Waals surface area contributed by atoms with Gasteiger partial charge in [-0.15, -0.1) is 0 Å². The summed E-state index contributed by atoms with van der Waals surface area (Å²) < 4.78 is 7.72. The topological polar surface area (TPSA) is 82.0 Å². The number of ether oxygens (including phenoxy) is 1. The number of nitrogens with zero attached hydrogens (tertiary/aromatic N) is 2. The maximum Gasteiger partial charge on any atom is 0.110 e. The molecular weight excluding hydrogens is 562 g/mol. The first-order valence-electron chi connectivity index (χ1n) is 18.6. The van der Waals surface area contributed by atoms with E-state index in [1.54, 1.807) is 0 Å². The number of aliphatic hydroxyl groups excluding tert-OH is 3. The Bertz CT molecular complexity index is 635. The fourth-order valence-electron chi connectivity index (χ4n) is 5.13. The van der Waals surface area contributed by atoms with Crippen molar-refractivity contribution < 1.29 is 29.0 Å². The molecule has 0 radical (unpaired) electrons. The molecule has 1 rings (SSSR count). The molecule has 3 unspecified atom stereocenters. The third-order valence-electron chi connectivity index (χ3n) is 8.11. The van der Waals surface area contributed by atoms with Gasteiger partial charge in [0, 0.05) is 6.04 Å². The van der Waals surface area contributed by atoms with Crippen LogP contribution in [0.5, 0.6) is 0 Å². The zero-order valence-electron chi connectivity index (χ0n) is 33.5. The molecule has 7 nitrogen and oxygen atoms in total. The summed E-state index contributed by atoms with van der Waals surface area (Å²) in [5.74, 6) is 2.64. The molecule has 1 heterocycles. The number of hydrogen-bond acceptors (Lipinski definition) is 5. The summed E-state index contributed by atoms with van der Waals surface area (Å²) in [4.78, 5) is 0. The molecule has 4 N–H and O–H groups in total. The van der Waals surface area contributed by atoms with Gasteiger partial charge in [-0.25, -0.2) is 0 Å². The fraction of sp³-hybridized carbons (Fsp3) is 1.00. The lowest BCUT2D eigenvalue weighted by atomic mass is 9.93. The van der Waals surface area contributed by atoms with Crippen molar-refractivity contribution in [2.45, 2.75) is 170 Å². The first-order valence-corrected chi connectivity index (χ1v) is 18.6. The molecule has 1 fully saturated rings. The molecule has 0 amide bonds. The Kier molecular flexibility index (Phi) is 30.2. The summed E-state index contributed by atoms with van der Waals surface area (Å²) in [6.07, 6.45) is 9.46. The van der Waals surface area contributed by atoms with Crippen molar-refractivity contribution in [2.24, 2.45) is 17.8 Å². The normalized spacial score (nSPS) is 22.1. The molecule has 0 aromatic carbocycles. The van der Waals surface area contributed by atoms with Crippen LogP contribution in [0, 0.1) is 17.8 Å².